The normalized spacial score (nSPS) is 10.2. The van der Waals surface area contributed by atoms with E-state index in [4.69, 9.17) is 27.9 Å². The van der Waals surface area contributed by atoms with Crippen LogP contribution in [0.1, 0.15) is 15.9 Å². The van der Waals surface area contributed by atoms with Gasteiger partial charge in [0, 0.05) is 10.7 Å². The first-order chi connectivity index (χ1) is 11.4. The highest BCUT2D eigenvalue weighted by atomic mass is 35.5. The van der Waals surface area contributed by atoms with Gasteiger partial charge in [-0.3, -0.25) is 4.79 Å². The Balaban J connectivity index is 2.03. The molecular weight excluding hydrogens is 353 g/mol. The summed E-state index contributed by atoms with van der Waals surface area (Å²) in [6.07, 6.45) is 0. The van der Waals surface area contributed by atoms with Crippen LogP contribution in [0.4, 0.5) is 5.69 Å². The molecule has 0 saturated carbocycles. The molecule has 24 heavy (non-hydrogen) atoms. The fraction of sp³-hybridized carbons (Fsp3) is 0.176. The molecule has 0 unspecified atom stereocenters. The van der Waals surface area contributed by atoms with Crippen molar-refractivity contribution in [2.75, 3.05) is 19.0 Å². The molecule has 2 aromatic rings. The number of benzene rings is 2. The number of hydrogen-bond donors (Lipinski definition) is 1. The van der Waals surface area contributed by atoms with Crippen molar-refractivity contribution in [3.8, 4) is 5.75 Å². The number of halogens is 2. The summed E-state index contributed by atoms with van der Waals surface area (Å²) in [5.41, 5.74) is 1.66. The molecule has 0 aliphatic rings. The molecule has 5 nitrogen and oxygen atoms in total. The van der Waals surface area contributed by atoms with Gasteiger partial charge < -0.3 is 14.8 Å². The summed E-state index contributed by atoms with van der Waals surface area (Å²) in [5, 5.41) is 3.49. The zero-order valence-electron chi connectivity index (χ0n) is 13.1. The van der Waals surface area contributed by atoms with Crippen LogP contribution in [0.2, 0.25) is 10.0 Å². The van der Waals surface area contributed by atoms with Gasteiger partial charge in [0.25, 0.3) is 5.91 Å². The SMILES string of the molecule is COC(=O)c1ccc(C)c(NC(=O)COc2ccc(Cl)cc2Cl)c1. The zero-order valence-corrected chi connectivity index (χ0v) is 14.6. The van der Waals surface area contributed by atoms with Gasteiger partial charge in [0.2, 0.25) is 0 Å². The second-order valence-corrected chi connectivity index (χ2v) is 5.78. The minimum atomic E-state index is -0.477. The van der Waals surface area contributed by atoms with E-state index in [1.807, 2.05) is 6.92 Å². The number of carbonyl (C=O) groups excluding carboxylic acids is 2. The van der Waals surface area contributed by atoms with Crippen molar-refractivity contribution < 1.29 is 19.1 Å². The largest absolute Gasteiger partial charge is 0.482 e. The molecule has 0 spiro atoms. The van der Waals surface area contributed by atoms with E-state index in [-0.39, 0.29) is 12.5 Å². The van der Waals surface area contributed by atoms with Gasteiger partial charge in [-0.1, -0.05) is 29.3 Å². The van der Waals surface area contributed by atoms with Crippen molar-refractivity contribution in [2.24, 2.45) is 0 Å². The average molecular weight is 368 g/mol. The van der Waals surface area contributed by atoms with Crippen LogP contribution in [-0.4, -0.2) is 25.6 Å². The Bertz CT molecular complexity index is 777. The van der Waals surface area contributed by atoms with Gasteiger partial charge in [0.05, 0.1) is 17.7 Å². The first-order valence-corrected chi connectivity index (χ1v) is 7.73. The summed E-state index contributed by atoms with van der Waals surface area (Å²) in [6, 6.07) is 9.62. The zero-order chi connectivity index (χ0) is 17.7. The molecule has 2 aromatic carbocycles. The summed E-state index contributed by atoms with van der Waals surface area (Å²) >= 11 is 11.8. The van der Waals surface area contributed by atoms with Gasteiger partial charge in [-0.05, 0) is 42.8 Å². The first kappa shape index (κ1) is 18.1. The minimum Gasteiger partial charge on any atom is -0.482 e. The number of methoxy groups -OCH3 is 1. The van der Waals surface area contributed by atoms with E-state index < -0.39 is 5.97 Å². The Morgan fingerprint density at radius 3 is 2.54 bits per heavy atom. The van der Waals surface area contributed by atoms with E-state index in [2.05, 4.69) is 10.1 Å². The number of ether oxygens (including phenoxy) is 2. The summed E-state index contributed by atoms with van der Waals surface area (Å²) < 4.78 is 10.0. The molecule has 0 aromatic heterocycles. The molecule has 0 aliphatic carbocycles. The Kier molecular flexibility index (Phi) is 6.06. The molecular formula is C17H15Cl2NO4. The number of amides is 1. The molecule has 0 saturated heterocycles. The van der Waals surface area contributed by atoms with Crippen LogP contribution in [-0.2, 0) is 9.53 Å². The van der Waals surface area contributed by atoms with Crippen molar-refractivity contribution in [3.63, 3.8) is 0 Å². The summed E-state index contributed by atoms with van der Waals surface area (Å²) in [5.74, 6) is -0.503. The van der Waals surface area contributed by atoms with E-state index in [9.17, 15) is 9.59 Å². The minimum absolute atomic E-state index is 0.233. The Hall–Kier alpha value is -2.24. The fourth-order valence-electron chi connectivity index (χ4n) is 1.92. The van der Waals surface area contributed by atoms with Gasteiger partial charge in [-0.2, -0.15) is 0 Å². The van der Waals surface area contributed by atoms with Gasteiger partial charge in [-0.15, -0.1) is 0 Å². The van der Waals surface area contributed by atoms with E-state index in [0.717, 1.165) is 5.56 Å². The van der Waals surface area contributed by atoms with Crippen LogP contribution in [0.15, 0.2) is 36.4 Å². The third-order valence-corrected chi connectivity index (χ3v) is 3.72. The molecule has 1 amide bonds. The smallest absolute Gasteiger partial charge is 0.337 e. The molecule has 2 rings (SSSR count). The third-order valence-electron chi connectivity index (χ3n) is 3.19. The summed E-state index contributed by atoms with van der Waals surface area (Å²) in [6.45, 7) is 1.58. The third kappa shape index (κ3) is 4.63. The van der Waals surface area contributed by atoms with E-state index >= 15 is 0 Å². The van der Waals surface area contributed by atoms with Crippen molar-refractivity contribution >= 4 is 40.8 Å². The highest BCUT2D eigenvalue weighted by molar-refractivity contribution is 6.35. The maximum absolute atomic E-state index is 12.0. The van der Waals surface area contributed by atoms with E-state index in [0.29, 0.717) is 27.0 Å². The lowest BCUT2D eigenvalue weighted by molar-refractivity contribution is -0.118. The van der Waals surface area contributed by atoms with Crippen LogP contribution < -0.4 is 10.1 Å². The second kappa shape index (κ2) is 8.04. The van der Waals surface area contributed by atoms with Crippen LogP contribution in [0, 0.1) is 6.92 Å². The van der Waals surface area contributed by atoms with Crippen molar-refractivity contribution in [1.29, 1.82) is 0 Å². The number of hydrogen-bond acceptors (Lipinski definition) is 4. The highest BCUT2D eigenvalue weighted by Crippen LogP contribution is 2.27. The lowest BCUT2D eigenvalue weighted by atomic mass is 10.1. The number of nitrogens with one attached hydrogen (secondary N) is 1. The lowest BCUT2D eigenvalue weighted by Crippen LogP contribution is -2.21. The predicted molar refractivity (Wildman–Crippen MR) is 93.1 cm³/mol. The van der Waals surface area contributed by atoms with Gasteiger partial charge in [0.1, 0.15) is 5.75 Å². The van der Waals surface area contributed by atoms with Crippen LogP contribution in [0.25, 0.3) is 0 Å². The monoisotopic (exact) mass is 367 g/mol. The van der Waals surface area contributed by atoms with Gasteiger partial charge in [0.15, 0.2) is 6.61 Å². The molecule has 1 N–H and O–H groups in total. The van der Waals surface area contributed by atoms with E-state index in [1.165, 1.54) is 13.2 Å². The standard InChI is InChI=1S/C17H15Cl2NO4/c1-10-3-4-11(17(22)23-2)7-14(10)20-16(21)9-24-15-6-5-12(18)8-13(15)19/h3-8H,9H2,1-2H3,(H,20,21). The molecule has 0 aliphatic heterocycles. The van der Waals surface area contributed by atoms with Crippen LogP contribution in [0.3, 0.4) is 0 Å². The quantitative estimate of drug-likeness (QED) is 0.807. The van der Waals surface area contributed by atoms with E-state index in [1.54, 1.807) is 30.3 Å². The Morgan fingerprint density at radius 1 is 1.12 bits per heavy atom. The highest BCUT2D eigenvalue weighted by Gasteiger charge is 2.11. The number of aryl methyl sites for hydroxylation is 1. The summed E-state index contributed by atoms with van der Waals surface area (Å²) in [7, 11) is 1.30. The van der Waals surface area contributed by atoms with Crippen molar-refractivity contribution in [1.82, 2.24) is 0 Å². The number of anilines is 1. The Labute approximate surface area is 149 Å². The number of carbonyl (C=O) groups is 2. The number of esters is 1. The van der Waals surface area contributed by atoms with Crippen molar-refractivity contribution in [2.45, 2.75) is 6.92 Å². The first-order valence-electron chi connectivity index (χ1n) is 6.97. The maximum atomic E-state index is 12.0. The van der Waals surface area contributed by atoms with Crippen LogP contribution >= 0.6 is 23.2 Å². The Morgan fingerprint density at radius 2 is 1.88 bits per heavy atom. The van der Waals surface area contributed by atoms with Gasteiger partial charge in [-0.25, -0.2) is 4.79 Å². The average Bonchev–Trinajstić information content (AvgIpc) is 2.55. The second-order valence-electron chi connectivity index (χ2n) is 4.93. The molecule has 7 heteroatoms. The topological polar surface area (TPSA) is 64.6 Å². The van der Waals surface area contributed by atoms with Crippen molar-refractivity contribution in [3.05, 3.63) is 57.6 Å². The maximum Gasteiger partial charge on any atom is 0.337 e. The molecule has 0 radical (unpaired) electrons. The molecule has 0 bridgehead atoms. The summed E-state index contributed by atoms with van der Waals surface area (Å²) in [4.78, 5) is 23.6. The molecule has 0 fully saturated rings. The molecule has 0 atom stereocenters. The van der Waals surface area contributed by atoms with Crippen LogP contribution in [0.5, 0.6) is 5.75 Å². The van der Waals surface area contributed by atoms with Gasteiger partial charge >= 0.3 is 5.97 Å². The molecule has 0 heterocycles. The fourth-order valence-corrected chi connectivity index (χ4v) is 2.39. The number of rotatable bonds is 5. The lowest BCUT2D eigenvalue weighted by Gasteiger charge is -2.11. The predicted octanol–water partition coefficient (Wildman–Crippen LogP) is 4.11. The molecule has 126 valence electrons.